The molecular formula is C9H12F2N2O2S. The van der Waals surface area contributed by atoms with E-state index in [1.165, 1.54) is 6.07 Å². The maximum absolute atomic E-state index is 13.1. The molecule has 0 saturated carbocycles. The minimum Gasteiger partial charge on any atom is -0.312 e. The fourth-order valence-corrected chi connectivity index (χ4v) is 1.53. The summed E-state index contributed by atoms with van der Waals surface area (Å²) in [7, 11) is -3.51. The van der Waals surface area contributed by atoms with E-state index >= 15 is 0 Å². The van der Waals surface area contributed by atoms with Crippen LogP contribution in [0.2, 0.25) is 0 Å². The summed E-state index contributed by atoms with van der Waals surface area (Å²) < 4.78 is 46.8. The van der Waals surface area contributed by atoms with E-state index in [4.69, 9.17) is 5.14 Å². The van der Waals surface area contributed by atoms with Crippen LogP contribution < -0.4 is 10.5 Å². The third-order valence-corrected chi connectivity index (χ3v) is 2.67. The molecule has 0 saturated heterocycles. The second-order valence-electron chi connectivity index (χ2n) is 3.28. The molecule has 0 aliphatic carbocycles. The van der Waals surface area contributed by atoms with Gasteiger partial charge < -0.3 is 5.32 Å². The Morgan fingerprint density at radius 3 is 2.56 bits per heavy atom. The number of nitrogens with two attached hydrogens (primary N) is 1. The first kappa shape index (κ1) is 13.0. The fourth-order valence-electron chi connectivity index (χ4n) is 1.10. The van der Waals surface area contributed by atoms with Crippen molar-refractivity contribution in [2.75, 3.05) is 12.3 Å². The van der Waals surface area contributed by atoms with E-state index in [9.17, 15) is 17.2 Å². The van der Waals surface area contributed by atoms with Crippen molar-refractivity contribution in [3.63, 3.8) is 0 Å². The highest BCUT2D eigenvalue weighted by molar-refractivity contribution is 7.89. The van der Waals surface area contributed by atoms with Crippen LogP contribution in [-0.2, 0) is 16.6 Å². The number of benzene rings is 1. The summed E-state index contributed by atoms with van der Waals surface area (Å²) in [4.78, 5) is 0. The van der Waals surface area contributed by atoms with Crippen LogP contribution in [0, 0.1) is 11.6 Å². The van der Waals surface area contributed by atoms with Gasteiger partial charge in [-0.1, -0.05) is 6.07 Å². The van der Waals surface area contributed by atoms with Gasteiger partial charge in [-0.05, 0) is 6.07 Å². The highest BCUT2D eigenvalue weighted by Crippen LogP contribution is 2.08. The maximum atomic E-state index is 13.1. The van der Waals surface area contributed by atoms with E-state index in [0.29, 0.717) is 0 Å². The second-order valence-corrected chi connectivity index (χ2v) is 5.01. The molecule has 0 atom stereocenters. The molecule has 0 aliphatic rings. The number of halogens is 2. The molecule has 0 heterocycles. The molecule has 4 nitrogen and oxygen atoms in total. The Kier molecular flexibility index (Phi) is 4.34. The van der Waals surface area contributed by atoms with E-state index in [1.54, 1.807) is 0 Å². The Balaban J connectivity index is 2.43. The minimum atomic E-state index is -3.51. The van der Waals surface area contributed by atoms with E-state index in [1.807, 2.05) is 0 Å². The SMILES string of the molecule is NS(=O)(=O)CCNCc1ccc(F)cc1F. The lowest BCUT2D eigenvalue weighted by Gasteiger charge is -2.05. The molecule has 3 N–H and O–H groups in total. The predicted octanol–water partition coefficient (Wildman–Crippen LogP) is 0.343. The zero-order valence-electron chi connectivity index (χ0n) is 8.41. The number of hydrogen-bond acceptors (Lipinski definition) is 3. The van der Waals surface area contributed by atoms with Gasteiger partial charge in [0.2, 0.25) is 10.0 Å². The van der Waals surface area contributed by atoms with Crippen molar-refractivity contribution < 1.29 is 17.2 Å². The van der Waals surface area contributed by atoms with Crippen molar-refractivity contribution in [2.45, 2.75) is 6.54 Å². The van der Waals surface area contributed by atoms with E-state index < -0.39 is 21.7 Å². The first-order chi connectivity index (χ1) is 7.38. The van der Waals surface area contributed by atoms with Crippen molar-refractivity contribution in [1.82, 2.24) is 5.32 Å². The van der Waals surface area contributed by atoms with Crippen molar-refractivity contribution in [3.8, 4) is 0 Å². The summed E-state index contributed by atoms with van der Waals surface area (Å²) in [6.07, 6.45) is 0. The molecule has 7 heteroatoms. The van der Waals surface area contributed by atoms with Crippen LogP contribution >= 0.6 is 0 Å². The number of rotatable bonds is 5. The average molecular weight is 250 g/mol. The molecule has 0 amide bonds. The highest BCUT2D eigenvalue weighted by atomic mass is 32.2. The van der Waals surface area contributed by atoms with Crippen LogP contribution in [0.5, 0.6) is 0 Å². The fraction of sp³-hybridized carbons (Fsp3) is 0.333. The Morgan fingerprint density at radius 1 is 1.31 bits per heavy atom. The molecule has 0 radical (unpaired) electrons. The summed E-state index contributed by atoms with van der Waals surface area (Å²) in [6.45, 7) is 0.247. The standard InChI is InChI=1S/C9H12F2N2O2S/c10-8-2-1-7(9(11)5-8)6-13-3-4-16(12,14)15/h1-2,5,13H,3-4,6H2,(H2,12,14,15). The van der Waals surface area contributed by atoms with Gasteiger partial charge in [0.25, 0.3) is 0 Å². The zero-order chi connectivity index (χ0) is 12.2. The zero-order valence-corrected chi connectivity index (χ0v) is 9.23. The number of sulfonamides is 1. The molecule has 0 unspecified atom stereocenters. The summed E-state index contributed by atoms with van der Waals surface area (Å²) in [5.41, 5.74) is 0.274. The van der Waals surface area contributed by atoms with Gasteiger partial charge in [0.15, 0.2) is 0 Å². The van der Waals surface area contributed by atoms with Gasteiger partial charge >= 0.3 is 0 Å². The first-order valence-electron chi connectivity index (χ1n) is 4.53. The minimum absolute atomic E-state index is 0.121. The maximum Gasteiger partial charge on any atom is 0.210 e. The predicted molar refractivity (Wildman–Crippen MR) is 56.0 cm³/mol. The Bertz CT molecular complexity index is 463. The van der Waals surface area contributed by atoms with Gasteiger partial charge in [-0.25, -0.2) is 22.3 Å². The molecule has 0 fully saturated rings. The largest absolute Gasteiger partial charge is 0.312 e. The van der Waals surface area contributed by atoms with E-state index in [-0.39, 0.29) is 24.4 Å². The van der Waals surface area contributed by atoms with Crippen LogP contribution in [0.4, 0.5) is 8.78 Å². The molecule has 0 spiro atoms. The molecule has 0 aliphatic heterocycles. The Labute approximate surface area is 92.5 Å². The summed E-state index contributed by atoms with van der Waals surface area (Å²) in [5.74, 6) is -1.54. The van der Waals surface area contributed by atoms with Gasteiger partial charge in [-0.2, -0.15) is 0 Å². The number of hydrogen-bond donors (Lipinski definition) is 2. The first-order valence-corrected chi connectivity index (χ1v) is 6.25. The third kappa shape index (κ3) is 4.65. The molecule has 90 valence electrons. The molecule has 1 rings (SSSR count). The topological polar surface area (TPSA) is 72.2 Å². The van der Waals surface area contributed by atoms with Crippen molar-refractivity contribution in [1.29, 1.82) is 0 Å². The Morgan fingerprint density at radius 2 is 2.00 bits per heavy atom. The molecular weight excluding hydrogens is 238 g/mol. The van der Waals surface area contributed by atoms with Crippen LogP contribution in [0.25, 0.3) is 0 Å². The molecule has 1 aromatic carbocycles. The Hall–Kier alpha value is -1.05. The molecule has 0 bridgehead atoms. The van der Waals surface area contributed by atoms with Gasteiger partial charge in [-0.15, -0.1) is 0 Å². The lowest BCUT2D eigenvalue weighted by atomic mass is 10.2. The van der Waals surface area contributed by atoms with Crippen LogP contribution in [0.1, 0.15) is 5.56 Å². The van der Waals surface area contributed by atoms with Crippen LogP contribution in [-0.4, -0.2) is 20.7 Å². The summed E-state index contributed by atoms with van der Waals surface area (Å²) in [5, 5.41) is 7.47. The smallest absolute Gasteiger partial charge is 0.210 e. The van der Waals surface area contributed by atoms with Gasteiger partial charge in [0.05, 0.1) is 5.75 Å². The van der Waals surface area contributed by atoms with Gasteiger partial charge in [0.1, 0.15) is 11.6 Å². The number of primary sulfonamides is 1. The van der Waals surface area contributed by atoms with Gasteiger partial charge in [0, 0.05) is 24.7 Å². The monoisotopic (exact) mass is 250 g/mol. The van der Waals surface area contributed by atoms with Crippen molar-refractivity contribution in [3.05, 3.63) is 35.4 Å². The lowest BCUT2D eigenvalue weighted by molar-refractivity contribution is 0.561. The average Bonchev–Trinajstić information content (AvgIpc) is 2.13. The van der Waals surface area contributed by atoms with E-state index in [0.717, 1.165) is 12.1 Å². The molecule has 1 aromatic rings. The summed E-state index contributed by atoms with van der Waals surface area (Å²) in [6, 6.07) is 3.21. The quantitative estimate of drug-likeness (QED) is 0.740. The lowest BCUT2D eigenvalue weighted by Crippen LogP contribution is -2.27. The third-order valence-electron chi connectivity index (χ3n) is 1.89. The van der Waals surface area contributed by atoms with Crippen LogP contribution in [0.3, 0.4) is 0 Å². The van der Waals surface area contributed by atoms with Crippen LogP contribution in [0.15, 0.2) is 18.2 Å². The highest BCUT2D eigenvalue weighted by Gasteiger charge is 2.04. The number of nitrogens with one attached hydrogen (secondary N) is 1. The second kappa shape index (κ2) is 5.33. The summed E-state index contributed by atoms with van der Waals surface area (Å²) >= 11 is 0. The van der Waals surface area contributed by atoms with E-state index in [2.05, 4.69) is 5.32 Å². The van der Waals surface area contributed by atoms with Gasteiger partial charge in [-0.3, -0.25) is 0 Å². The molecule has 0 aromatic heterocycles. The van der Waals surface area contributed by atoms with Crippen molar-refractivity contribution in [2.24, 2.45) is 5.14 Å². The molecule has 16 heavy (non-hydrogen) atoms. The van der Waals surface area contributed by atoms with Crippen molar-refractivity contribution >= 4 is 10.0 Å². The normalized spacial score (nSPS) is 11.7.